The molecule has 0 unspecified atom stereocenters. The van der Waals surface area contributed by atoms with Crippen molar-refractivity contribution < 1.29 is 27.2 Å². The summed E-state index contributed by atoms with van der Waals surface area (Å²) in [5.74, 6) is 2.18. The molecule has 0 heterocycles. The van der Waals surface area contributed by atoms with Crippen molar-refractivity contribution in [2.75, 3.05) is 4.90 Å². The number of para-hydroxylation sites is 2. The molecule has 0 saturated carbocycles. The molecular formula is C39H29AuNOP. The van der Waals surface area contributed by atoms with E-state index in [1.54, 1.807) is 29.2 Å². The standard InChI is InChI=1S/C21H14NO.C18H15P.Au/c1-2-17-10-9-11-18(16-17)21(23)22(19-12-5-3-6-13-19)20-14-7-4-8-15-20;1-4-10-16(11-5-1)19(17-12-6-2-7-13-17)18-14-8-3-9-15-18;/h3-16H;1-15H;/q-1;;+1. The first-order valence-electron chi connectivity index (χ1n) is 13.7. The number of hydrogen-bond donors (Lipinski definition) is 0. The average Bonchev–Trinajstić information content (AvgIpc) is 3.08. The van der Waals surface area contributed by atoms with E-state index in [1.807, 2.05) is 60.7 Å². The summed E-state index contributed by atoms with van der Waals surface area (Å²) in [6.45, 7) is 0. The van der Waals surface area contributed by atoms with Crippen molar-refractivity contribution in [2.45, 2.75) is 0 Å². The molecule has 6 rings (SSSR count). The van der Waals surface area contributed by atoms with Gasteiger partial charge in [-0.3, -0.25) is 15.6 Å². The van der Waals surface area contributed by atoms with Gasteiger partial charge in [-0.25, -0.2) is 0 Å². The summed E-state index contributed by atoms with van der Waals surface area (Å²) < 4.78 is 0. The average molecular weight is 756 g/mol. The topological polar surface area (TPSA) is 20.3 Å². The van der Waals surface area contributed by atoms with E-state index in [0.717, 1.165) is 11.4 Å². The van der Waals surface area contributed by atoms with Crippen molar-refractivity contribution in [1.82, 2.24) is 0 Å². The number of amides is 1. The summed E-state index contributed by atoms with van der Waals surface area (Å²) in [5, 5.41) is 4.19. The van der Waals surface area contributed by atoms with E-state index >= 15 is 0 Å². The van der Waals surface area contributed by atoms with Gasteiger partial charge in [-0.05, 0) is 48.1 Å². The summed E-state index contributed by atoms with van der Waals surface area (Å²) in [5.41, 5.74) is 2.70. The van der Waals surface area contributed by atoms with Crippen LogP contribution < -0.4 is 20.8 Å². The second-order valence-corrected chi connectivity index (χ2v) is 11.6. The van der Waals surface area contributed by atoms with Crippen LogP contribution in [-0.2, 0) is 22.4 Å². The SMILES string of the molecule is [Au+].[C-]#Cc1cccc(C(=O)N(c2ccccc2)c2ccccc2)c1.c1ccc(P(c2ccccc2)c2ccccc2)cc1. The predicted octanol–water partition coefficient (Wildman–Crippen LogP) is 8.05. The number of hydrogen-bond acceptors (Lipinski definition) is 1. The molecule has 6 aromatic rings. The van der Waals surface area contributed by atoms with Gasteiger partial charge in [0.2, 0.25) is 0 Å². The Balaban J connectivity index is 0.000000195. The second kappa shape index (κ2) is 16.2. The van der Waals surface area contributed by atoms with Crippen LogP contribution in [0.4, 0.5) is 11.4 Å². The molecule has 1 amide bonds. The fraction of sp³-hybridized carbons (Fsp3) is 0. The van der Waals surface area contributed by atoms with Gasteiger partial charge in [-0.1, -0.05) is 140 Å². The van der Waals surface area contributed by atoms with Crippen molar-refractivity contribution in [3.8, 4) is 5.92 Å². The summed E-state index contributed by atoms with van der Waals surface area (Å²) >= 11 is 0. The van der Waals surface area contributed by atoms with E-state index in [1.165, 1.54) is 15.9 Å². The number of carbonyl (C=O) groups is 1. The molecule has 6 aromatic carbocycles. The maximum absolute atomic E-state index is 13.1. The van der Waals surface area contributed by atoms with E-state index in [9.17, 15) is 4.79 Å². The van der Waals surface area contributed by atoms with Crippen molar-refractivity contribution in [3.63, 3.8) is 0 Å². The Morgan fingerprint density at radius 1 is 0.512 bits per heavy atom. The third kappa shape index (κ3) is 8.30. The van der Waals surface area contributed by atoms with Crippen LogP contribution in [0.25, 0.3) is 0 Å². The van der Waals surface area contributed by atoms with Gasteiger partial charge in [0.05, 0.1) is 0 Å². The van der Waals surface area contributed by atoms with Crippen molar-refractivity contribution in [1.29, 1.82) is 0 Å². The summed E-state index contributed by atoms with van der Waals surface area (Å²) in [7, 11) is -0.446. The number of carbonyl (C=O) groups excluding carboxylic acids is 1. The van der Waals surface area contributed by atoms with E-state index in [2.05, 4.69) is 96.9 Å². The minimum absolute atomic E-state index is 0. The Hall–Kier alpha value is -4.48. The monoisotopic (exact) mass is 755 g/mol. The molecule has 2 nitrogen and oxygen atoms in total. The quantitative estimate of drug-likeness (QED) is 0.0730. The molecule has 0 aliphatic heterocycles. The first-order valence-corrected chi connectivity index (χ1v) is 15.0. The van der Waals surface area contributed by atoms with Crippen LogP contribution in [0.5, 0.6) is 0 Å². The summed E-state index contributed by atoms with van der Waals surface area (Å²) in [6.07, 6.45) is 7.24. The molecular weight excluding hydrogens is 726 g/mol. The molecule has 0 aliphatic rings. The number of rotatable bonds is 6. The van der Waals surface area contributed by atoms with Crippen LogP contribution in [0.15, 0.2) is 176 Å². The maximum Gasteiger partial charge on any atom is 1.00 e. The van der Waals surface area contributed by atoms with E-state index in [4.69, 9.17) is 6.42 Å². The van der Waals surface area contributed by atoms with Gasteiger partial charge in [0.15, 0.2) is 0 Å². The number of anilines is 2. The fourth-order valence-corrected chi connectivity index (χ4v) is 6.88. The van der Waals surface area contributed by atoms with Gasteiger partial charge < -0.3 is 6.42 Å². The number of nitrogens with zero attached hydrogens (tertiary/aromatic N) is 1. The largest absolute Gasteiger partial charge is 1.00 e. The van der Waals surface area contributed by atoms with Gasteiger partial charge in [0.25, 0.3) is 5.91 Å². The Morgan fingerprint density at radius 3 is 1.26 bits per heavy atom. The summed E-state index contributed by atoms with van der Waals surface area (Å²) in [4.78, 5) is 14.7. The first-order chi connectivity index (χ1) is 20.7. The minimum Gasteiger partial charge on any atom is -0.366 e. The van der Waals surface area contributed by atoms with Gasteiger partial charge in [0.1, 0.15) is 0 Å². The van der Waals surface area contributed by atoms with Crippen LogP contribution in [0.1, 0.15) is 15.9 Å². The second-order valence-electron chi connectivity index (χ2n) is 9.36. The van der Waals surface area contributed by atoms with E-state index in [-0.39, 0.29) is 28.3 Å². The predicted molar refractivity (Wildman–Crippen MR) is 177 cm³/mol. The zero-order valence-electron chi connectivity index (χ0n) is 23.3. The molecule has 0 radical (unpaired) electrons. The molecule has 0 N–H and O–H groups in total. The molecule has 0 bridgehead atoms. The Kier molecular flexibility index (Phi) is 11.9. The Morgan fingerprint density at radius 2 is 0.884 bits per heavy atom. The van der Waals surface area contributed by atoms with Crippen LogP contribution in [0.2, 0.25) is 0 Å². The van der Waals surface area contributed by atoms with Crippen molar-refractivity contribution >= 4 is 41.1 Å². The molecule has 0 aliphatic carbocycles. The third-order valence-corrected chi connectivity index (χ3v) is 8.97. The van der Waals surface area contributed by atoms with Crippen LogP contribution in [0, 0.1) is 12.3 Å². The van der Waals surface area contributed by atoms with Crippen LogP contribution in [0.3, 0.4) is 0 Å². The molecule has 0 saturated heterocycles. The van der Waals surface area contributed by atoms with Crippen molar-refractivity contribution in [3.05, 3.63) is 193 Å². The van der Waals surface area contributed by atoms with E-state index in [0.29, 0.717) is 11.1 Å². The molecule has 4 heteroatoms. The van der Waals surface area contributed by atoms with Crippen molar-refractivity contribution in [2.24, 2.45) is 0 Å². The molecule has 0 aromatic heterocycles. The molecule has 212 valence electrons. The van der Waals surface area contributed by atoms with Crippen LogP contribution >= 0.6 is 7.92 Å². The van der Waals surface area contributed by atoms with Crippen LogP contribution in [-0.4, -0.2) is 5.91 Å². The third-order valence-electron chi connectivity index (χ3n) is 6.53. The van der Waals surface area contributed by atoms with E-state index < -0.39 is 7.92 Å². The minimum atomic E-state index is -0.446. The molecule has 0 fully saturated rings. The zero-order chi connectivity index (χ0) is 29.0. The Labute approximate surface area is 271 Å². The zero-order valence-corrected chi connectivity index (χ0v) is 26.4. The van der Waals surface area contributed by atoms with Gasteiger partial charge >= 0.3 is 22.4 Å². The van der Waals surface area contributed by atoms with Gasteiger partial charge in [-0.2, -0.15) is 0 Å². The molecule has 43 heavy (non-hydrogen) atoms. The van der Waals surface area contributed by atoms with Gasteiger partial charge in [-0.15, -0.1) is 17.7 Å². The van der Waals surface area contributed by atoms with Gasteiger partial charge in [0, 0.05) is 16.9 Å². The summed E-state index contributed by atoms with van der Waals surface area (Å²) in [6, 6.07) is 58.3. The normalized spacial score (nSPS) is 9.95. The fourth-order valence-electron chi connectivity index (χ4n) is 4.58. The molecule has 0 spiro atoms. The Bertz CT molecular complexity index is 1610. The smallest absolute Gasteiger partial charge is 0.366 e. The maximum atomic E-state index is 13.1. The molecule has 0 atom stereocenters. The first kappa shape index (κ1) is 31.5. The number of benzene rings is 6.